The zero-order valence-corrected chi connectivity index (χ0v) is 18.0. The summed E-state index contributed by atoms with van der Waals surface area (Å²) >= 11 is 0. The van der Waals surface area contributed by atoms with Crippen LogP contribution in [0.1, 0.15) is 47.8 Å². The molecule has 2 aliphatic heterocycles. The maximum atomic E-state index is 6.91. The number of aromatic amines is 1. The molecule has 31 heavy (non-hydrogen) atoms. The van der Waals surface area contributed by atoms with Crippen LogP contribution in [0.5, 0.6) is 11.5 Å². The van der Waals surface area contributed by atoms with Gasteiger partial charge < -0.3 is 14.5 Å². The predicted molar refractivity (Wildman–Crippen MR) is 120 cm³/mol. The molecule has 1 N–H and O–H groups in total. The third-order valence-corrected chi connectivity index (χ3v) is 9.16. The molecular formula is C27H28N2O2. The third kappa shape index (κ3) is 2.01. The number of fused-ring (bicyclic) bond motifs is 4. The molecule has 3 aliphatic carbocycles. The molecule has 0 radical (unpaired) electrons. The summed E-state index contributed by atoms with van der Waals surface area (Å²) in [4.78, 5) is 6.65. The highest BCUT2D eigenvalue weighted by atomic mass is 16.5. The van der Waals surface area contributed by atoms with E-state index in [0.717, 1.165) is 30.3 Å². The highest BCUT2D eigenvalue weighted by molar-refractivity contribution is 5.86. The zero-order chi connectivity index (χ0) is 20.3. The van der Waals surface area contributed by atoms with E-state index in [0.29, 0.717) is 12.0 Å². The van der Waals surface area contributed by atoms with Crippen molar-refractivity contribution in [3.63, 3.8) is 0 Å². The molecule has 2 fully saturated rings. The van der Waals surface area contributed by atoms with Crippen molar-refractivity contribution < 1.29 is 9.47 Å². The van der Waals surface area contributed by atoms with Gasteiger partial charge in [0, 0.05) is 34.5 Å². The van der Waals surface area contributed by atoms with Crippen molar-refractivity contribution in [3.8, 4) is 11.5 Å². The van der Waals surface area contributed by atoms with Gasteiger partial charge in [0.2, 0.25) is 0 Å². The number of nitrogens with zero attached hydrogens (tertiary/aromatic N) is 1. The van der Waals surface area contributed by atoms with E-state index < -0.39 is 0 Å². The van der Waals surface area contributed by atoms with Crippen LogP contribution in [0.3, 0.4) is 0 Å². The quantitative estimate of drug-likeness (QED) is 0.674. The molecule has 1 saturated heterocycles. The third-order valence-electron chi connectivity index (χ3n) is 9.16. The largest absolute Gasteiger partial charge is 0.493 e. The number of piperidine rings is 1. The molecule has 1 aromatic heterocycles. The molecule has 158 valence electrons. The first-order valence-corrected chi connectivity index (χ1v) is 12.0. The summed E-state index contributed by atoms with van der Waals surface area (Å²) in [6.07, 6.45) is 6.42. The Hall–Kier alpha value is -2.46. The highest BCUT2D eigenvalue weighted by Gasteiger charge is 2.65. The lowest BCUT2D eigenvalue weighted by atomic mass is 9.51. The number of hydrogen-bond acceptors (Lipinski definition) is 3. The summed E-state index contributed by atoms with van der Waals surface area (Å²) in [6.45, 7) is 2.49. The van der Waals surface area contributed by atoms with Crippen LogP contribution in [0.15, 0.2) is 36.4 Å². The Balaban J connectivity index is 1.38. The Morgan fingerprint density at radius 2 is 2.06 bits per heavy atom. The van der Waals surface area contributed by atoms with Crippen LogP contribution >= 0.6 is 0 Å². The molecule has 4 nitrogen and oxygen atoms in total. The number of aromatic nitrogens is 1. The molecule has 3 heterocycles. The molecule has 1 spiro atoms. The monoisotopic (exact) mass is 412 g/mol. The maximum Gasteiger partial charge on any atom is 0.166 e. The minimum absolute atomic E-state index is 0.0737. The second-order valence-electron chi connectivity index (χ2n) is 10.5. The van der Waals surface area contributed by atoms with E-state index >= 15 is 0 Å². The van der Waals surface area contributed by atoms with E-state index in [1.165, 1.54) is 65.6 Å². The van der Waals surface area contributed by atoms with Gasteiger partial charge in [0.25, 0.3) is 0 Å². The van der Waals surface area contributed by atoms with Gasteiger partial charge in [0.15, 0.2) is 11.5 Å². The number of rotatable bonds is 3. The summed E-state index contributed by atoms with van der Waals surface area (Å²) in [5, 5.41) is 1.39. The van der Waals surface area contributed by atoms with E-state index in [4.69, 9.17) is 9.47 Å². The van der Waals surface area contributed by atoms with Gasteiger partial charge in [-0.3, -0.25) is 4.90 Å². The smallest absolute Gasteiger partial charge is 0.166 e. The maximum absolute atomic E-state index is 6.91. The number of nitrogens with one attached hydrogen (secondary N) is 1. The molecular weight excluding hydrogens is 384 g/mol. The second kappa shape index (κ2) is 5.66. The van der Waals surface area contributed by atoms with Gasteiger partial charge in [-0.15, -0.1) is 0 Å². The zero-order valence-electron chi connectivity index (χ0n) is 18.0. The lowest BCUT2D eigenvalue weighted by molar-refractivity contribution is -0.0370. The van der Waals surface area contributed by atoms with Gasteiger partial charge in [-0.05, 0) is 73.7 Å². The highest BCUT2D eigenvalue weighted by Crippen LogP contribution is 2.67. The topological polar surface area (TPSA) is 37.5 Å². The minimum Gasteiger partial charge on any atom is -0.493 e. The summed E-state index contributed by atoms with van der Waals surface area (Å²) in [7, 11) is 1.77. The predicted octanol–water partition coefficient (Wildman–Crippen LogP) is 4.76. The number of benzene rings is 2. The number of hydrogen-bond donors (Lipinski definition) is 1. The molecule has 3 aromatic rings. The number of H-pyrrole nitrogens is 1. The van der Waals surface area contributed by atoms with Crippen LogP contribution in [0.4, 0.5) is 0 Å². The van der Waals surface area contributed by atoms with Crippen molar-refractivity contribution in [2.75, 3.05) is 20.2 Å². The van der Waals surface area contributed by atoms with Crippen LogP contribution in [0, 0.1) is 11.8 Å². The van der Waals surface area contributed by atoms with E-state index in [-0.39, 0.29) is 11.5 Å². The summed E-state index contributed by atoms with van der Waals surface area (Å²) in [5.41, 5.74) is 7.12. The lowest BCUT2D eigenvalue weighted by Gasteiger charge is -2.58. The Bertz CT molecular complexity index is 1240. The van der Waals surface area contributed by atoms with Crippen molar-refractivity contribution in [2.45, 2.75) is 49.7 Å². The van der Waals surface area contributed by atoms with Crippen molar-refractivity contribution in [1.82, 2.24) is 9.88 Å². The average molecular weight is 413 g/mol. The summed E-state index contributed by atoms with van der Waals surface area (Å²) in [6, 6.07) is 13.9. The van der Waals surface area contributed by atoms with Crippen molar-refractivity contribution >= 4 is 10.9 Å². The van der Waals surface area contributed by atoms with Crippen LogP contribution in [0.25, 0.3) is 10.9 Å². The minimum atomic E-state index is 0.0737. The summed E-state index contributed by atoms with van der Waals surface area (Å²) < 4.78 is 12.7. The first-order chi connectivity index (χ1) is 15.3. The molecule has 5 aliphatic rings. The van der Waals surface area contributed by atoms with Crippen LogP contribution in [-0.2, 0) is 18.3 Å². The molecule has 2 aromatic carbocycles. The fraction of sp³-hybridized carbons (Fsp3) is 0.481. The van der Waals surface area contributed by atoms with E-state index in [1.807, 2.05) is 0 Å². The Morgan fingerprint density at radius 3 is 2.94 bits per heavy atom. The van der Waals surface area contributed by atoms with Gasteiger partial charge in [-0.1, -0.05) is 24.3 Å². The Morgan fingerprint density at radius 1 is 1.16 bits per heavy atom. The van der Waals surface area contributed by atoms with E-state index in [9.17, 15) is 0 Å². The molecule has 1 saturated carbocycles. The number of ether oxygens (including phenoxy) is 2. The molecule has 0 unspecified atom stereocenters. The van der Waals surface area contributed by atoms with Crippen molar-refractivity contribution in [1.29, 1.82) is 0 Å². The van der Waals surface area contributed by atoms with E-state index in [2.05, 4.69) is 46.3 Å². The fourth-order valence-electron chi connectivity index (χ4n) is 7.70. The molecule has 8 rings (SSSR count). The normalized spacial score (nSPS) is 32.5. The number of para-hydroxylation sites is 1. The second-order valence-corrected chi connectivity index (χ2v) is 10.5. The van der Waals surface area contributed by atoms with Gasteiger partial charge in [-0.25, -0.2) is 0 Å². The van der Waals surface area contributed by atoms with Gasteiger partial charge in [-0.2, -0.15) is 0 Å². The number of methoxy groups -OCH3 is 1. The first-order valence-electron chi connectivity index (χ1n) is 12.0. The van der Waals surface area contributed by atoms with Gasteiger partial charge >= 0.3 is 0 Å². The molecule has 4 atom stereocenters. The van der Waals surface area contributed by atoms with Crippen molar-refractivity contribution in [2.24, 2.45) is 11.8 Å². The van der Waals surface area contributed by atoms with Crippen LogP contribution in [-0.4, -0.2) is 36.1 Å². The summed E-state index contributed by atoms with van der Waals surface area (Å²) in [5.74, 6) is 3.47. The van der Waals surface area contributed by atoms with Crippen LogP contribution in [0.2, 0.25) is 0 Å². The standard InChI is InChI=1S/C27H28N2O2/c1-30-22-9-8-16-12-21-19-13-18-17-4-2-3-5-20(17)28-24(18)26-27(19,23(16)25(22)31-26)10-11-29(21)14-15-6-7-15/h2-5,8-9,15,19,21,26,28H,6-7,10-14H2,1H3/t19-,21-,26-,27-/m0/s1. The number of likely N-dealkylation sites (tertiary alicyclic amines) is 1. The van der Waals surface area contributed by atoms with E-state index in [1.54, 1.807) is 7.11 Å². The molecule has 4 heteroatoms. The van der Waals surface area contributed by atoms with Crippen molar-refractivity contribution in [3.05, 3.63) is 58.8 Å². The average Bonchev–Trinajstić information content (AvgIpc) is 3.43. The van der Waals surface area contributed by atoms with Crippen LogP contribution < -0.4 is 9.47 Å². The molecule has 0 amide bonds. The lowest BCUT2D eigenvalue weighted by Crippen LogP contribution is -2.63. The van der Waals surface area contributed by atoms with Gasteiger partial charge in [0.1, 0.15) is 6.10 Å². The Labute approximate surface area is 182 Å². The SMILES string of the molecule is COc1ccc2c3c1O[C@H]1c4[nH]c5ccccc5c4C[C@H]4[C@H](C2)N(CC2CC2)CC[C@]314. The fourth-order valence-corrected chi connectivity index (χ4v) is 7.70. The Kier molecular flexibility index (Phi) is 3.13. The first kappa shape index (κ1) is 17.1. The molecule has 2 bridgehead atoms. The van der Waals surface area contributed by atoms with Gasteiger partial charge in [0.05, 0.1) is 12.8 Å².